The summed E-state index contributed by atoms with van der Waals surface area (Å²) in [4.78, 5) is 0. The highest BCUT2D eigenvalue weighted by molar-refractivity contribution is 5.57. The van der Waals surface area contributed by atoms with Gasteiger partial charge < -0.3 is 10.2 Å². The summed E-state index contributed by atoms with van der Waals surface area (Å²) in [5.41, 5.74) is 2.58. The van der Waals surface area contributed by atoms with Crippen LogP contribution in [0.1, 0.15) is 30.5 Å². The summed E-state index contributed by atoms with van der Waals surface area (Å²) < 4.78 is 39.7. The molecule has 3 rings (SSSR count). The Kier molecular flexibility index (Phi) is 3.43. The van der Waals surface area contributed by atoms with Crippen molar-refractivity contribution >= 4 is 0 Å². The van der Waals surface area contributed by atoms with E-state index < -0.39 is 11.7 Å². The maximum absolute atomic E-state index is 12.9. The number of benzene rings is 1. The molecular weight excluding hydrogens is 307 g/mol. The standard InChI is InChI=1S/C17H16F3NO2/c1-9-6-13-14(7-10(9)2)16(23)21(15(13)22)12-5-3-4-11(8-12)17(18,19)20/h3-5,8,22-23H,6-7H2,1-2H3. The molecule has 0 amide bonds. The highest BCUT2D eigenvalue weighted by atomic mass is 19.4. The van der Waals surface area contributed by atoms with Gasteiger partial charge in [0.15, 0.2) is 0 Å². The second-order valence-corrected chi connectivity index (χ2v) is 5.90. The van der Waals surface area contributed by atoms with Gasteiger partial charge in [-0.15, -0.1) is 0 Å². The molecule has 0 radical (unpaired) electrons. The molecule has 0 saturated carbocycles. The summed E-state index contributed by atoms with van der Waals surface area (Å²) in [5.74, 6) is -0.410. The lowest BCUT2D eigenvalue weighted by molar-refractivity contribution is -0.137. The number of aromatic hydroxyl groups is 2. The predicted octanol–water partition coefficient (Wildman–Crippen LogP) is 4.34. The molecule has 122 valence electrons. The molecule has 3 nitrogen and oxygen atoms in total. The first-order valence-electron chi connectivity index (χ1n) is 7.17. The number of alkyl halides is 3. The minimum Gasteiger partial charge on any atom is -0.494 e. The van der Waals surface area contributed by atoms with E-state index in [1.54, 1.807) is 0 Å². The van der Waals surface area contributed by atoms with Crippen molar-refractivity contribution in [1.82, 2.24) is 4.57 Å². The molecule has 6 heteroatoms. The summed E-state index contributed by atoms with van der Waals surface area (Å²) in [6.07, 6.45) is -3.53. The number of hydrogen-bond donors (Lipinski definition) is 2. The Balaban J connectivity index is 2.15. The Labute approximate surface area is 131 Å². The maximum Gasteiger partial charge on any atom is 0.416 e. The van der Waals surface area contributed by atoms with E-state index in [-0.39, 0.29) is 17.4 Å². The van der Waals surface area contributed by atoms with Crippen molar-refractivity contribution in [2.24, 2.45) is 0 Å². The normalized spacial score (nSPS) is 15.0. The van der Waals surface area contributed by atoms with E-state index in [9.17, 15) is 23.4 Å². The van der Waals surface area contributed by atoms with E-state index in [1.807, 2.05) is 13.8 Å². The number of fused-ring (bicyclic) bond motifs is 1. The predicted molar refractivity (Wildman–Crippen MR) is 79.9 cm³/mol. The molecule has 0 aliphatic heterocycles. The van der Waals surface area contributed by atoms with Crippen LogP contribution in [0.15, 0.2) is 35.4 Å². The lowest BCUT2D eigenvalue weighted by Gasteiger charge is -2.15. The van der Waals surface area contributed by atoms with Crippen LogP contribution in [0.3, 0.4) is 0 Å². The van der Waals surface area contributed by atoms with Gasteiger partial charge in [0, 0.05) is 11.1 Å². The first-order chi connectivity index (χ1) is 10.7. The fourth-order valence-electron chi connectivity index (χ4n) is 2.91. The Morgan fingerprint density at radius 2 is 1.48 bits per heavy atom. The van der Waals surface area contributed by atoms with Gasteiger partial charge in [0.2, 0.25) is 11.8 Å². The van der Waals surface area contributed by atoms with E-state index in [0.29, 0.717) is 24.0 Å². The molecule has 0 saturated heterocycles. The second kappa shape index (κ2) is 5.08. The summed E-state index contributed by atoms with van der Waals surface area (Å²) in [7, 11) is 0. The number of allylic oxidation sites excluding steroid dienone is 2. The molecule has 1 heterocycles. The van der Waals surface area contributed by atoms with E-state index in [4.69, 9.17) is 0 Å². The Morgan fingerprint density at radius 3 is 1.96 bits per heavy atom. The minimum absolute atomic E-state index is 0.0829. The number of aromatic nitrogens is 1. The van der Waals surface area contributed by atoms with Crippen LogP contribution in [0.25, 0.3) is 5.69 Å². The molecular formula is C17H16F3NO2. The maximum atomic E-state index is 12.9. The Hall–Kier alpha value is -2.37. The van der Waals surface area contributed by atoms with Gasteiger partial charge in [-0.25, -0.2) is 0 Å². The molecule has 1 aliphatic carbocycles. The van der Waals surface area contributed by atoms with Gasteiger partial charge >= 0.3 is 6.18 Å². The van der Waals surface area contributed by atoms with E-state index in [1.165, 1.54) is 12.1 Å². The quantitative estimate of drug-likeness (QED) is 0.767. The Bertz CT molecular complexity index is 778. The lowest BCUT2D eigenvalue weighted by atomic mass is 9.90. The zero-order valence-electron chi connectivity index (χ0n) is 12.7. The number of hydrogen-bond acceptors (Lipinski definition) is 2. The van der Waals surface area contributed by atoms with Gasteiger partial charge in [-0.3, -0.25) is 4.57 Å². The first-order valence-corrected chi connectivity index (χ1v) is 7.17. The van der Waals surface area contributed by atoms with Gasteiger partial charge in [-0.1, -0.05) is 17.2 Å². The van der Waals surface area contributed by atoms with Crippen molar-refractivity contribution < 1.29 is 23.4 Å². The molecule has 0 fully saturated rings. The van der Waals surface area contributed by atoms with Crippen LogP contribution in [0, 0.1) is 0 Å². The molecule has 1 aromatic carbocycles. The molecule has 1 aliphatic rings. The molecule has 2 N–H and O–H groups in total. The molecule has 0 bridgehead atoms. The van der Waals surface area contributed by atoms with Crippen LogP contribution in [-0.4, -0.2) is 14.8 Å². The molecule has 0 atom stereocenters. The van der Waals surface area contributed by atoms with Gasteiger partial charge in [-0.2, -0.15) is 13.2 Å². The van der Waals surface area contributed by atoms with Crippen LogP contribution in [0.4, 0.5) is 13.2 Å². The van der Waals surface area contributed by atoms with Crippen molar-refractivity contribution in [2.75, 3.05) is 0 Å². The smallest absolute Gasteiger partial charge is 0.416 e. The fourth-order valence-corrected chi connectivity index (χ4v) is 2.91. The molecule has 0 spiro atoms. The number of nitrogens with zero attached hydrogens (tertiary/aromatic N) is 1. The van der Waals surface area contributed by atoms with Gasteiger partial charge in [0.1, 0.15) is 0 Å². The van der Waals surface area contributed by atoms with Crippen molar-refractivity contribution in [3.8, 4) is 17.4 Å². The van der Waals surface area contributed by atoms with Crippen LogP contribution in [0.5, 0.6) is 11.8 Å². The van der Waals surface area contributed by atoms with Gasteiger partial charge in [0.05, 0.1) is 11.3 Å². The summed E-state index contributed by atoms with van der Waals surface area (Å²) >= 11 is 0. The third-order valence-electron chi connectivity index (χ3n) is 4.37. The van der Waals surface area contributed by atoms with Gasteiger partial charge in [-0.05, 0) is 44.9 Å². The van der Waals surface area contributed by atoms with Crippen LogP contribution in [-0.2, 0) is 19.0 Å². The molecule has 1 aromatic heterocycles. The molecule has 0 unspecified atom stereocenters. The van der Waals surface area contributed by atoms with Crippen LogP contribution < -0.4 is 0 Å². The zero-order chi connectivity index (χ0) is 16.9. The van der Waals surface area contributed by atoms with E-state index in [2.05, 4.69) is 0 Å². The molecule has 23 heavy (non-hydrogen) atoms. The second-order valence-electron chi connectivity index (χ2n) is 5.90. The average molecular weight is 323 g/mol. The lowest BCUT2D eigenvalue weighted by Crippen LogP contribution is -2.06. The van der Waals surface area contributed by atoms with E-state index in [0.717, 1.165) is 27.8 Å². The van der Waals surface area contributed by atoms with Crippen molar-refractivity contribution in [3.63, 3.8) is 0 Å². The monoisotopic (exact) mass is 323 g/mol. The third kappa shape index (κ3) is 2.48. The highest BCUT2D eigenvalue weighted by Gasteiger charge is 2.32. The molecule has 2 aromatic rings. The fraction of sp³-hybridized carbons (Fsp3) is 0.294. The van der Waals surface area contributed by atoms with Gasteiger partial charge in [0.25, 0.3) is 0 Å². The van der Waals surface area contributed by atoms with Crippen molar-refractivity contribution in [2.45, 2.75) is 32.9 Å². The minimum atomic E-state index is -4.48. The summed E-state index contributed by atoms with van der Waals surface area (Å²) in [5, 5.41) is 20.8. The van der Waals surface area contributed by atoms with Crippen LogP contribution >= 0.6 is 0 Å². The summed E-state index contributed by atoms with van der Waals surface area (Å²) in [6.45, 7) is 3.88. The largest absolute Gasteiger partial charge is 0.494 e. The van der Waals surface area contributed by atoms with Crippen LogP contribution in [0.2, 0.25) is 0 Å². The van der Waals surface area contributed by atoms with E-state index >= 15 is 0 Å². The summed E-state index contributed by atoms with van der Waals surface area (Å²) in [6, 6.07) is 4.55. The average Bonchev–Trinajstić information content (AvgIpc) is 2.71. The van der Waals surface area contributed by atoms with Crippen molar-refractivity contribution in [3.05, 3.63) is 52.1 Å². The zero-order valence-corrected chi connectivity index (χ0v) is 12.7. The topological polar surface area (TPSA) is 45.4 Å². The number of halogens is 3. The number of rotatable bonds is 1. The highest BCUT2D eigenvalue weighted by Crippen LogP contribution is 2.42. The van der Waals surface area contributed by atoms with Crippen molar-refractivity contribution in [1.29, 1.82) is 0 Å². The SMILES string of the molecule is CC1=C(C)Cc2c(c(O)n(-c3cccc(C(F)(F)F)c3)c2O)C1. The Morgan fingerprint density at radius 1 is 0.957 bits per heavy atom. The first kappa shape index (κ1) is 15.5. The third-order valence-corrected chi connectivity index (χ3v) is 4.37.